The average Bonchev–Trinajstić information content (AvgIpc) is 2.23. The van der Waals surface area contributed by atoms with E-state index in [9.17, 15) is 9.90 Å². The van der Waals surface area contributed by atoms with E-state index in [-0.39, 0.29) is 6.54 Å². The highest BCUT2D eigenvalue weighted by molar-refractivity contribution is 5.77. The van der Waals surface area contributed by atoms with Gasteiger partial charge in [0.1, 0.15) is 6.54 Å². The Morgan fingerprint density at radius 3 is 2.50 bits per heavy atom. The van der Waals surface area contributed by atoms with E-state index in [0.717, 1.165) is 0 Å². The standard InChI is InChI=1S/C13H20N2O3/c1-13(2,18)7-8-15(9-12(16)17)11-6-4-3-5-10(11)14/h3-6,18H,7-9,14H2,1-2H3,(H,16,17). The molecule has 0 radical (unpaired) electrons. The van der Waals surface area contributed by atoms with Crippen molar-refractivity contribution in [1.82, 2.24) is 0 Å². The number of carboxylic acids is 1. The van der Waals surface area contributed by atoms with Crippen LogP contribution in [0.15, 0.2) is 24.3 Å². The molecule has 0 aromatic heterocycles. The van der Waals surface area contributed by atoms with Crippen LogP contribution in [0.4, 0.5) is 11.4 Å². The van der Waals surface area contributed by atoms with Gasteiger partial charge < -0.3 is 20.8 Å². The molecule has 0 unspecified atom stereocenters. The zero-order valence-corrected chi connectivity index (χ0v) is 10.8. The van der Waals surface area contributed by atoms with Gasteiger partial charge >= 0.3 is 5.97 Å². The molecule has 0 heterocycles. The van der Waals surface area contributed by atoms with E-state index in [0.29, 0.717) is 24.3 Å². The Bertz CT molecular complexity index is 413. The van der Waals surface area contributed by atoms with Gasteiger partial charge in [-0.3, -0.25) is 4.79 Å². The second-order valence-electron chi connectivity index (χ2n) is 4.94. The summed E-state index contributed by atoms with van der Waals surface area (Å²) in [5.74, 6) is -0.922. The zero-order chi connectivity index (χ0) is 13.8. The largest absolute Gasteiger partial charge is 0.480 e. The number of hydrogen-bond donors (Lipinski definition) is 3. The molecule has 0 amide bonds. The maximum atomic E-state index is 10.9. The van der Waals surface area contributed by atoms with Crippen molar-refractivity contribution in [2.75, 3.05) is 23.7 Å². The Kier molecular flexibility index (Phi) is 4.55. The fourth-order valence-electron chi connectivity index (χ4n) is 1.63. The fraction of sp³-hybridized carbons (Fsp3) is 0.462. The Morgan fingerprint density at radius 2 is 2.00 bits per heavy atom. The quantitative estimate of drug-likeness (QED) is 0.665. The summed E-state index contributed by atoms with van der Waals surface area (Å²) in [6, 6.07) is 7.12. The molecule has 0 saturated heterocycles. The highest BCUT2D eigenvalue weighted by Crippen LogP contribution is 2.23. The maximum Gasteiger partial charge on any atom is 0.323 e. The van der Waals surface area contributed by atoms with Crippen molar-refractivity contribution in [3.05, 3.63) is 24.3 Å². The lowest BCUT2D eigenvalue weighted by Gasteiger charge is -2.27. The number of aliphatic hydroxyl groups is 1. The first-order chi connectivity index (χ1) is 8.29. The Hall–Kier alpha value is -1.75. The van der Waals surface area contributed by atoms with E-state index < -0.39 is 11.6 Å². The van der Waals surface area contributed by atoms with Crippen molar-refractivity contribution < 1.29 is 15.0 Å². The molecule has 0 bridgehead atoms. The molecule has 1 rings (SSSR count). The lowest BCUT2D eigenvalue weighted by Crippen LogP contribution is -2.35. The van der Waals surface area contributed by atoms with Gasteiger partial charge in [-0.15, -0.1) is 0 Å². The second-order valence-corrected chi connectivity index (χ2v) is 4.94. The summed E-state index contributed by atoms with van der Waals surface area (Å²) in [6.07, 6.45) is 0.467. The lowest BCUT2D eigenvalue weighted by atomic mass is 10.1. The number of carbonyl (C=O) groups is 1. The number of rotatable bonds is 6. The maximum absolute atomic E-state index is 10.9. The highest BCUT2D eigenvalue weighted by atomic mass is 16.4. The summed E-state index contributed by atoms with van der Waals surface area (Å²) in [5, 5.41) is 18.6. The molecule has 18 heavy (non-hydrogen) atoms. The van der Waals surface area contributed by atoms with Gasteiger partial charge in [-0.25, -0.2) is 0 Å². The molecule has 5 heteroatoms. The molecule has 4 N–H and O–H groups in total. The molecule has 0 atom stereocenters. The second kappa shape index (κ2) is 5.73. The molecule has 100 valence electrons. The zero-order valence-electron chi connectivity index (χ0n) is 10.8. The normalized spacial score (nSPS) is 11.3. The molecule has 0 saturated carbocycles. The molecule has 0 aliphatic heterocycles. The average molecular weight is 252 g/mol. The molecule has 0 spiro atoms. The van der Waals surface area contributed by atoms with Gasteiger partial charge in [0, 0.05) is 6.54 Å². The van der Waals surface area contributed by atoms with Gasteiger partial charge in [0.25, 0.3) is 0 Å². The van der Waals surface area contributed by atoms with Gasteiger partial charge in [0.15, 0.2) is 0 Å². The Morgan fingerprint density at radius 1 is 1.39 bits per heavy atom. The van der Waals surface area contributed by atoms with Crippen LogP contribution in [0.1, 0.15) is 20.3 Å². The molecule has 0 fully saturated rings. The van der Waals surface area contributed by atoms with Gasteiger partial charge in [-0.05, 0) is 32.4 Å². The first kappa shape index (κ1) is 14.3. The lowest BCUT2D eigenvalue weighted by molar-refractivity contribution is -0.135. The van der Waals surface area contributed by atoms with Crippen LogP contribution in [0, 0.1) is 0 Å². The number of benzene rings is 1. The van der Waals surface area contributed by atoms with Crippen LogP contribution in [0.2, 0.25) is 0 Å². The minimum Gasteiger partial charge on any atom is -0.480 e. The summed E-state index contributed by atoms with van der Waals surface area (Å²) >= 11 is 0. The van der Waals surface area contributed by atoms with Gasteiger partial charge in [0.05, 0.1) is 17.0 Å². The molecule has 0 aliphatic carbocycles. The number of para-hydroxylation sites is 2. The topological polar surface area (TPSA) is 86.8 Å². The number of nitrogens with two attached hydrogens (primary N) is 1. The van der Waals surface area contributed by atoms with Crippen molar-refractivity contribution in [1.29, 1.82) is 0 Å². The third-order valence-electron chi connectivity index (χ3n) is 2.60. The van der Waals surface area contributed by atoms with E-state index in [2.05, 4.69) is 0 Å². The third kappa shape index (κ3) is 4.63. The van der Waals surface area contributed by atoms with E-state index in [1.54, 1.807) is 36.9 Å². The molecular weight excluding hydrogens is 232 g/mol. The minimum atomic E-state index is -0.922. The fourth-order valence-corrected chi connectivity index (χ4v) is 1.63. The third-order valence-corrected chi connectivity index (χ3v) is 2.60. The molecule has 0 aliphatic rings. The smallest absolute Gasteiger partial charge is 0.323 e. The van der Waals surface area contributed by atoms with E-state index >= 15 is 0 Å². The molecule has 5 nitrogen and oxygen atoms in total. The first-order valence-electron chi connectivity index (χ1n) is 5.83. The summed E-state index contributed by atoms with van der Waals surface area (Å²) in [6.45, 7) is 3.69. The van der Waals surface area contributed by atoms with Crippen molar-refractivity contribution >= 4 is 17.3 Å². The Labute approximate surface area is 107 Å². The van der Waals surface area contributed by atoms with Gasteiger partial charge in [-0.2, -0.15) is 0 Å². The summed E-state index contributed by atoms with van der Waals surface area (Å²) < 4.78 is 0. The molecule has 1 aromatic carbocycles. The predicted octanol–water partition coefficient (Wildman–Crippen LogP) is 1.32. The van der Waals surface area contributed by atoms with Crippen molar-refractivity contribution in [3.8, 4) is 0 Å². The molecular formula is C13H20N2O3. The number of anilines is 2. The number of aliphatic carboxylic acids is 1. The predicted molar refractivity (Wildman–Crippen MR) is 71.6 cm³/mol. The van der Waals surface area contributed by atoms with E-state index in [4.69, 9.17) is 10.8 Å². The SMILES string of the molecule is CC(C)(O)CCN(CC(=O)O)c1ccccc1N. The van der Waals surface area contributed by atoms with Crippen LogP contribution in [0.5, 0.6) is 0 Å². The number of nitrogens with zero attached hydrogens (tertiary/aromatic N) is 1. The van der Waals surface area contributed by atoms with Crippen LogP contribution in [0.25, 0.3) is 0 Å². The number of nitrogen functional groups attached to an aromatic ring is 1. The van der Waals surface area contributed by atoms with Gasteiger partial charge in [0.2, 0.25) is 0 Å². The summed E-state index contributed by atoms with van der Waals surface area (Å²) in [4.78, 5) is 12.5. The number of hydrogen-bond acceptors (Lipinski definition) is 4. The van der Waals surface area contributed by atoms with Crippen LogP contribution < -0.4 is 10.6 Å². The Balaban J connectivity index is 2.85. The number of carboxylic acid groups (broad SMARTS) is 1. The van der Waals surface area contributed by atoms with Crippen molar-refractivity contribution in [2.45, 2.75) is 25.9 Å². The monoisotopic (exact) mass is 252 g/mol. The van der Waals surface area contributed by atoms with Crippen LogP contribution >= 0.6 is 0 Å². The van der Waals surface area contributed by atoms with E-state index in [1.165, 1.54) is 0 Å². The summed E-state index contributed by atoms with van der Waals surface area (Å²) in [7, 11) is 0. The van der Waals surface area contributed by atoms with Crippen LogP contribution in [-0.2, 0) is 4.79 Å². The highest BCUT2D eigenvalue weighted by Gasteiger charge is 2.18. The van der Waals surface area contributed by atoms with Gasteiger partial charge in [-0.1, -0.05) is 12.1 Å². The summed E-state index contributed by atoms with van der Waals surface area (Å²) in [5.41, 5.74) is 6.23. The van der Waals surface area contributed by atoms with E-state index in [1.807, 2.05) is 6.07 Å². The van der Waals surface area contributed by atoms with Crippen molar-refractivity contribution in [3.63, 3.8) is 0 Å². The van der Waals surface area contributed by atoms with Crippen LogP contribution in [-0.4, -0.2) is 34.9 Å². The molecule has 1 aromatic rings. The minimum absolute atomic E-state index is 0.135. The van der Waals surface area contributed by atoms with Crippen molar-refractivity contribution in [2.24, 2.45) is 0 Å². The van der Waals surface area contributed by atoms with Crippen LogP contribution in [0.3, 0.4) is 0 Å². The first-order valence-corrected chi connectivity index (χ1v) is 5.83.